The van der Waals surface area contributed by atoms with Crippen molar-refractivity contribution in [2.45, 2.75) is 19.5 Å². The van der Waals surface area contributed by atoms with Crippen LogP contribution in [0.15, 0.2) is 46.3 Å². The number of hydrogen-bond donors (Lipinski definition) is 1. The van der Waals surface area contributed by atoms with Gasteiger partial charge in [-0.25, -0.2) is 0 Å². The van der Waals surface area contributed by atoms with E-state index in [-0.39, 0.29) is 0 Å². The maximum absolute atomic E-state index is 3.58. The maximum Gasteiger partial charge on any atom is 0.0306 e. The van der Waals surface area contributed by atoms with E-state index in [9.17, 15) is 0 Å². The van der Waals surface area contributed by atoms with Crippen LogP contribution in [0.5, 0.6) is 0 Å². The standard InChI is InChI=1S/C13H14BrNS/c1-10(12-6-2-3-7-13(12)14)15-9-11-5-4-8-16-11/h2-8,10,15H,9H2,1H3/t10-/m1/s1. The van der Waals surface area contributed by atoms with Crippen molar-refractivity contribution in [1.82, 2.24) is 5.32 Å². The Bertz CT molecular complexity index is 439. The van der Waals surface area contributed by atoms with Gasteiger partial charge in [-0.15, -0.1) is 11.3 Å². The Balaban J connectivity index is 1.98. The highest BCUT2D eigenvalue weighted by Crippen LogP contribution is 2.23. The Labute approximate surface area is 109 Å². The van der Waals surface area contributed by atoms with Gasteiger partial charge in [0.15, 0.2) is 0 Å². The number of rotatable bonds is 4. The molecule has 0 radical (unpaired) electrons. The minimum absolute atomic E-state index is 0.359. The fraction of sp³-hybridized carbons (Fsp3) is 0.231. The fourth-order valence-corrected chi connectivity index (χ4v) is 2.89. The summed E-state index contributed by atoms with van der Waals surface area (Å²) < 4.78 is 1.17. The third kappa shape index (κ3) is 2.94. The number of thiophene rings is 1. The molecular formula is C13H14BrNS. The van der Waals surface area contributed by atoms with Crippen molar-refractivity contribution >= 4 is 27.3 Å². The number of nitrogens with one attached hydrogen (secondary N) is 1. The molecule has 84 valence electrons. The third-order valence-electron chi connectivity index (χ3n) is 2.53. The SMILES string of the molecule is C[C@@H](NCc1cccs1)c1ccccc1Br. The van der Waals surface area contributed by atoms with Gasteiger partial charge in [0.1, 0.15) is 0 Å². The summed E-state index contributed by atoms with van der Waals surface area (Å²) in [7, 11) is 0. The van der Waals surface area contributed by atoms with Crippen molar-refractivity contribution in [3.63, 3.8) is 0 Å². The molecule has 2 aromatic rings. The van der Waals surface area contributed by atoms with Gasteiger partial charge in [0.25, 0.3) is 0 Å². The molecule has 0 unspecified atom stereocenters. The molecule has 0 fully saturated rings. The van der Waals surface area contributed by atoms with E-state index in [1.54, 1.807) is 11.3 Å². The molecule has 1 aromatic carbocycles. The molecule has 1 heterocycles. The van der Waals surface area contributed by atoms with Gasteiger partial charge in [0.2, 0.25) is 0 Å². The van der Waals surface area contributed by atoms with E-state index in [1.165, 1.54) is 14.9 Å². The normalized spacial score (nSPS) is 12.6. The molecule has 0 amide bonds. The van der Waals surface area contributed by atoms with Crippen LogP contribution in [0.2, 0.25) is 0 Å². The minimum Gasteiger partial charge on any atom is -0.305 e. The van der Waals surface area contributed by atoms with E-state index in [2.05, 4.69) is 63.9 Å². The van der Waals surface area contributed by atoms with Crippen molar-refractivity contribution in [3.8, 4) is 0 Å². The van der Waals surface area contributed by atoms with Gasteiger partial charge in [0.05, 0.1) is 0 Å². The summed E-state index contributed by atoms with van der Waals surface area (Å²) in [5.74, 6) is 0. The van der Waals surface area contributed by atoms with Crippen LogP contribution < -0.4 is 5.32 Å². The van der Waals surface area contributed by atoms with Gasteiger partial charge in [-0.05, 0) is 30.0 Å². The van der Waals surface area contributed by atoms with Crippen LogP contribution in [0.1, 0.15) is 23.4 Å². The lowest BCUT2D eigenvalue weighted by Crippen LogP contribution is -2.17. The molecule has 1 nitrogen and oxygen atoms in total. The average Bonchev–Trinajstić information content (AvgIpc) is 2.79. The number of benzene rings is 1. The summed E-state index contributed by atoms with van der Waals surface area (Å²) in [6.45, 7) is 3.12. The molecule has 1 atom stereocenters. The molecule has 0 saturated heterocycles. The van der Waals surface area contributed by atoms with Crippen LogP contribution in [0.4, 0.5) is 0 Å². The molecule has 1 N–H and O–H groups in total. The summed E-state index contributed by atoms with van der Waals surface area (Å²) in [5, 5.41) is 5.63. The van der Waals surface area contributed by atoms with Crippen LogP contribution in [0.3, 0.4) is 0 Å². The zero-order valence-corrected chi connectivity index (χ0v) is 11.5. The van der Waals surface area contributed by atoms with Crippen molar-refractivity contribution in [1.29, 1.82) is 0 Å². The lowest BCUT2D eigenvalue weighted by molar-refractivity contribution is 0.577. The quantitative estimate of drug-likeness (QED) is 0.884. The topological polar surface area (TPSA) is 12.0 Å². The summed E-state index contributed by atoms with van der Waals surface area (Å²) in [5.41, 5.74) is 1.30. The van der Waals surface area contributed by atoms with Crippen LogP contribution in [0, 0.1) is 0 Å². The van der Waals surface area contributed by atoms with Crippen LogP contribution >= 0.6 is 27.3 Å². The first-order chi connectivity index (χ1) is 7.77. The van der Waals surface area contributed by atoms with Crippen molar-refractivity contribution in [2.24, 2.45) is 0 Å². The molecular weight excluding hydrogens is 282 g/mol. The summed E-state index contributed by atoms with van der Waals surface area (Å²) in [6.07, 6.45) is 0. The highest BCUT2D eigenvalue weighted by atomic mass is 79.9. The van der Waals surface area contributed by atoms with Crippen molar-refractivity contribution < 1.29 is 0 Å². The van der Waals surface area contributed by atoms with Gasteiger partial charge in [-0.2, -0.15) is 0 Å². The zero-order chi connectivity index (χ0) is 11.4. The summed E-state index contributed by atoms with van der Waals surface area (Å²) in [4.78, 5) is 1.37. The number of hydrogen-bond acceptors (Lipinski definition) is 2. The second-order valence-corrected chi connectivity index (χ2v) is 5.59. The van der Waals surface area contributed by atoms with Crippen LogP contribution in [0.25, 0.3) is 0 Å². The Morgan fingerprint density at radius 2 is 2.06 bits per heavy atom. The van der Waals surface area contributed by atoms with E-state index in [4.69, 9.17) is 0 Å². The first-order valence-electron chi connectivity index (χ1n) is 5.27. The lowest BCUT2D eigenvalue weighted by atomic mass is 10.1. The van der Waals surface area contributed by atoms with Gasteiger partial charge >= 0.3 is 0 Å². The zero-order valence-electron chi connectivity index (χ0n) is 9.11. The molecule has 0 bridgehead atoms. The molecule has 3 heteroatoms. The van der Waals surface area contributed by atoms with Crippen molar-refractivity contribution in [3.05, 3.63) is 56.7 Å². The average molecular weight is 296 g/mol. The summed E-state index contributed by atoms with van der Waals surface area (Å²) >= 11 is 5.37. The molecule has 0 saturated carbocycles. The summed E-state index contributed by atoms with van der Waals surface area (Å²) in [6, 6.07) is 12.9. The van der Waals surface area contributed by atoms with Crippen molar-refractivity contribution in [2.75, 3.05) is 0 Å². The molecule has 0 aliphatic heterocycles. The lowest BCUT2D eigenvalue weighted by Gasteiger charge is -2.15. The third-order valence-corrected chi connectivity index (χ3v) is 4.13. The smallest absolute Gasteiger partial charge is 0.0306 e. The van der Waals surface area contributed by atoms with E-state index in [1.807, 2.05) is 6.07 Å². The molecule has 1 aromatic heterocycles. The Morgan fingerprint density at radius 1 is 1.25 bits per heavy atom. The minimum atomic E-state index is 0.359. The van der Waals surface area contributed by atoms with Crippen LogP contribution in [-0.2, 0) is 6.54 Å². The number of halogens is 1. The first kappa shape index (κ1) is 11.8. The van der Waals surface area contributed by atoms with E-state index in [0.717, 1.165) is 6.54 Å². The van der Waals surface area contributed by atoms with Gasteiger partial charge in [-0.1, -0.05) is 40.2 Å². The highest BCUT2D eigenvalue weighted by Gasteiger charge is 2.07. The second kappa shape index (κ2) is 5.62. The van der Waals surface area contributed by atoms with Crippen LogP contribution in [-0.4, -0.2) is 0 Å². The van der Waals surface area contributed by atoms with Gasteiger partial charge in [0, 0.05) is 21.9 Å². The molecule has 16 heavy (non-hydrogen) atoms. The Morgan fingerprint density at radius 3 is 2.75 bits per heavy atom. The largest absolute Gasteiger partial charge is 0.305 e. The monoisotopic (exact) mass is 295 g/mol. The predicted molar refractivity (Wildman–Crippen MR) is 73.7 cm³/mol. The highest BCUT2D eigenvalue weighted by molar-refractivity contribution is 9.10. The molecule has 2 rings (SSSR count). The maximum atomic E-state index is 3.58. The molecule has 0 aliphatic carbocycles. The van der Waals surface area contributed by atoms with E-state index in [0.29, 0.717) is 6.04 Å². The molecule has 0 spiro atoms. The molecule has 0 aliphatic rings. The fourth-order valence-electron chi connectivity index (χ4n) is 1.60. The van der Waals surface area contributed by atoms with Gasteiger partial charge in [-0.3, -0.25) is 0 Å². The van der Waals surface area contributed by atoms with E-state index >= 15 is 0 Å². The predicted octanol–water partition coefficient (Wildman–Crippen LogP) is 4.36. The Kier molecular flexibility index (Phi) is 4.16. The van der Waals surface area contributed by atoms with E-state index < -0.39 is 0 Å². The van der Waals surface area contributed by atoms with Gasteiger partial charge < -0.3 is 5.32 Å². The second-order valence-electron chi connectivity index (χ2n) is 3.70. The Hall–Kier alpha value is -0.640. The first-order valence-corrected chi connectivity index (χ1v) is 6.95.